The van der Waals surface area contributed by atoms with Gasteiger partial charge in [0.15, 0.2) is 0 Å². The maximum atomic E-state index is 4.23. The molecule has 1 aromatic heterocycles. The standard InChI is InChI=1S/C16H25N3/c1-13(2)4-7-19-8-5-15(6-9-19)18-16-10-14(3)11-17-12-16/h4,10-12,15,18H,5-9H2,1-3H3. The summed E-state index contributed by atoms with van der Waals surface area (Å²) in [6, 6.07) is 2.76. The lowest BCUT2D eigenvalue weighted by molar-refractivity contribution is 0.240. The molecule has 0 aliphatic carbocycles. The van der Waals surface area contributed by atoms with Crippen molar-refractivity contribution in [2.75, 3.05) is 25.0 Å². The van der Waals surface area contributed by atoms with E-state index in [-0.39, 0.29) is 0 Å². The van der Waals surface area contributed by atoms with Crippen molar-refractivity contribution in [3.8, 4) is 0 Å². The Morgan fingerprint density at radius 2 is 2.11 bits per heavy atom. The second-order valence-corrected chi connectivity index (χ2v) is 5.75. The molecule has 3 heteroatoms. The monoisotopic (exact) mass is 259 g/mol. The van der Waals surface area contributed by atoms with Crippen LogP contribution in [0.3, 0.4) is 0 Å². The lowest BCUT2D eigenvalue weighted by atomic mass is 10.0. The van der Waals surface area contributed by atoms with Crippen molar-refractivity contribution < 1.29 is 0 Å². The van der Waals surface area contributed by atoms with Crippen molar-refractivity contribution in [1.82, 2.24) is 9.88 Å². The van der Waals surface area contributed by atoms with E-state index >= 15 is 0 Å². The van der Waals surface area contributed by atoms with E-state index in [0.717, 1.165) is 12.2 Å². The third-order valence-corrected chi connectivity index (χ3v) is 3.59. The minimum atomic E-state index is 0.589. The zero-order valence-electron chi connectivity index (χ0n) is 12.3. The van der Waals surface area contributed by atoms with Gasteiger partial charge in [-0.3, -0.25) is 9.88 Å². The maximum Gasteiger partial charge on any atom is 0.0531 e. The highest BCUT2D eigenvalue weighted by Gasteiger charge is 2.18. The smallest absolute Gasteiger partial charge is 0.0531 e. The lowest BCUT2D eigenvalue weighted by Crippen LogP contribution is -2.39. The number of pyridine rings is 1. The van der Waals surface area contributed by atoms with Crippen molar-refractivity contribution in [2.24, 2.45) is 0 Å². The molecular formula is C16H25N3. The van der Waals surface area contributed by atoms with Crippen LogP contribution in [-0.4, -0.2) is 35.6 Å². The van der Waals surface area contributed by atoms with Crippen LogP contribution in [0.1, 0.15) is 32.3 Å². The summed E-state index contributed by atoms with van der Waals surface area (Å²) >= 11 is 0. The van der Waals surface area contributed by atoms with Gasteiger partial charge in [-0.15, -0.1) is 0 Å². The van der Waals surface area contributed by atoms with E-state index in [1.165, 1.54) is 37.1 Å². The Kier molecular flexibility index (Phi) is 4.97. The Balaban J connectivity index is 1.79. The van der Waals surface area contributed by atoms with E-state index in [1.54, 1.807) is 0 Å². The van der Waals surface area contributed by atoms with Crippen LogP contribution in [-0.2, 0) is 0 Å². The highest BCUT2D eigenvalue weighted by atomic mass is 15.1. The zero-order chi connectivity index (χ0) is 13.7. The summed E-state index contributed by atoms with van der Waals surface area (Å²) in [6.07, 6.45) is 8.56. The maximum absolute atomic E-state index is 4.23. The van der Waals surface area contributed by atoms with Crippen LogP contribution in [0.4, 0.5) is 5.69 Å². The molecule has 2 heterocycles. The summed E-state index contributed by atoms with van der Waals surface area (Å²) < 4.78 is 0. The average Bonchev–Trinajstić information content (AvgIpc) is 2.38. The first-order chi connectivity index (χ1) is 9.13. The molecule has 104 valence electrons. The molecule has 1 fully saturated rings. The van der Waals surface area contributed by atoms with Gasteiger partial charge < -0.3 is 5.32 Å². The predicted octanol–water partition coefficient (Wildman–Crippen LogP) is 3.23. The first-order valence-corrected chi connectivity index (χ1v) is 7.17. The van der Waals surface area contributed by atoms with Crippen LogP contribution >= 0.6 is 0 Å². The van der Waals surface area contributed by atoms with Gasteiger partial charge in [-0.2, -0.15) is 0 Å². The van der Waals surface area contributed by atoms with Gasteiger partial charge in [-0.1, -0.05) is 11.6 Å². The molecule has 0 radical (unpaired) electrons. The van der Waals surface area contributed by atoms with E-state index in [4.69, 9.17) is 0 Å². The van der Waals surface area contributed by atoms with Gasteiger partial charge in [-0.25, -0.2) is 0 Å². The highest BCUT2D eigenvalue weighted by molar-refractivity contribution is 5.43. The molecule has 1 saturated heterocycles. The molecule has 3 nitrogen and oxygen atoms in total. The van der Waals surface area contributed by atoms with E-state index in [1.807, 2.05) is 12.4 Å². The van der Waals surface area contributed by atoms with Crippen LogP contribution < -0.4 is 5.32 Å². The fourth-order valence-corrected chi connectivity index (χ4v) is 2.44. The normalized spacial score (nSPS) is 17.2. The van der Waals surface area contributed by atoms with Crippen LogP contribution in [0.25, 0.3) is 0 Å². The molecule has 2 rings (SSSR count). The molecule has 0 spiro atoms. The Labute approximate surface area is 116 Å². The number of aromatic nitrogens is 1. The molecule has 0 unspecified atom stereocenters. The molecule has 1 aliphatic heterocycles. The third kappa shape index (κ3) is 4.67. The minimum Gasteiger partial charge on any atom is -0.381 e. The number of anilines is 1. The van der Waals surface area contributed by atoms with E-state index in [0.29, 0.717) is 6.04 Å². The van der Waals surface area contributed by atoms with Crippen molar-refractivity contribution in [3.05, 3.63) is 35.7 Å². The summed E-state index contributed by atoms with van der Waals surface area (Å²) in [4.78, 5) is 6.76. The number of hydrogen-bond acceptors (Lipinski definition) is 3. The molecule has 0 saturated carbocycles. The quantitative estimate of drug-likeness (QED) is 0.841. The topological polar surface area (TPSA) is 28.2 Å². The van der Waals surface area contributed by atoms with Crippen molar-refractivity contribution in [1.29, 1.82) is 0 Å². The zero-order valence-corrected chi connectivity index (χ0v) is 12.3. The van der Waals surface area contributed by atoms with Gasteiger partial charge in [0, 0.05) is 38.1 Å². The fraction of sp³-hybridized carbons (Fsp3) is 0.562. The highest BCUT2D eigenvalue weighted by Crippen LogP contribution is 2.16. The van der Waals surface area contributed by atoms with Gasteiger partial charge in [0.1, 0.15) is 0 Å². The van der Waals surface area contributed by atoms with Gasteiger partial charge in [0.05, 0.1) is 5.69 Å². The number of piperidine rings is 1. The Bertz CT molecular complexity index is 427. The largest absolute Gasteiger partial charge is 0.381 e. The molecule has 0 aromatic carbocycles. The third-order valence-electron chi connectivity index (χ3n) is 3.59. The minimum absolute atomic E-state index is 0.589. The van der Waals surface area contributed by atoms with Gasteiger partial charge in [0.2, 0.25) is 0 Å². The van der Waals surface area contributed by atoms with Crippen LogP contribution in [0, 0.1) is 6.92 Å². The van der Waals surface area contributed by atoms with Gasteiger partial charge in [-0.05, 0) is 45.2 Å². The molecule has 0 bridgehead atoms. The summed E-state index contributed by atoms with van der Waals surface area (Å²) in [5.74, 6) is 0. The number of nitrogens with zero attached hydrogens (tertiary/aromatic N) is 2. The summed E-state index contributed by atoms with van der Waals surface area (Å²) in [5.41, 5.74) is 3.78. The van der Waals surface area contributed by atoms with Crippen molar-refractivity contribution in [2.45, 2.75) is 39.7 Å². The number of hydrogen-bond donors (Lipinski definition) is 1. The van der Waals surface area contributed by atoms with Gasteiger partial charge >= 0.3 is 0 Å². The van der Waals surface area contributed by atoms with E-state index in [9.17, 15) is 0 Å². The Hall–Kier alpha value is -1.35. The SMILES string of the molecule is CC(C)=CCN1CCC(Nc2cncc(C)c2)CC1. The van der Waals surface area contributed by atoms with Crippen molar-refractivity contribution >= 4 is 5.69 Å². The number of allylic oxidation sites excluding steroid dienone is 1. The molecule has 0 atom stereocenters. The van der Waals surface area contributed by atoms with Gasteiger partial charge in [0.25, 0.3) is 0 Å². The summed E-state index contributed by atoms with van der Waals surface area (Å²) in [6.45, 7) is 9.88. The van der Waals surface area contributed by atoms with Crippen LogP contribution in [0.5, 0.6) is 0 Å². The van der Waals surface area contributed by atoms with Crippen LogP contribution in [0.15, 0.2) is 30.1 Å². The van der Waals surface area contributed by atoms with E-state index in [2.05, 4.69) is 48.1 Å². The molecular weight excluding hydrogens is 234 g/mol. The number of nitrogens with one attached hydrogen (secondary N) is 1. The Morgan fingerprint density at radius 1 is 1.37 bits per heavy atom. The first kappa shape index (κ1) is 14.1. The van der Waals surface area contributed by atoms with Crippen molar-refractivity contribution in [3.63, 3.8) is 0 Å². The fourth-order valence-electron chi connectivity index (χ4n) is 2.44. The summed E-state index contributed by atoms with van der Waals surface area (Å²) in [5, 5.41) is 3.60. The molecule has 1 aromatic rings. The summed E-state index contributed by atoms with van der Waals surface area (Å²) in [7, 11) is 0. The Morgan fingerprint density at radius 3 is 2.74 bits per heavy atom. The molecule has 19 heavy (non-hydrogen) atoms. The number of aryl methyl sites for hydroxylation is 1. The van der Waals surface area contributed by atoms with Crippen LogP contribution in [0.2, 0.25) is 0 Å². The average molecular weight is 259 g/mol. The van der Waals surface area contributed by atoms with E-state index < -0.39 is 0 Å². The number of likely N-dealkylation sites (tertiary alicyclic amines) is 1. The number of rotatable bonds is 4. The molecule has 1 N–H and O–H groups in total. The second-order valence-electron chi connectivity index (χ2n) is 5.75. The lowest BCUT2D eigenvalue weighted by Gasteiger charge is -2.32. The predicted molar refractivity (Wildman–Crippen MR) is 81.5 cm³/mol. The second kappa shape index (κ2) is 6.71. The molecule has 0 amide bonds. The molecule has 1 aliphatic rings. The first-order valence-electron chi connectivity index (χ1n) is 7.17.